The quantitative estimate of drug-likeness (QED) is 0.228. The van der Waals surface area contributed by atoms with Crippen LogP contribution >= 0.6 is 11.8 Å². The fraction of sp³-hybridized carbons (Fsp3) is 0.476. The van der Waals surface area contributed by atoms with Gasteiger partial charge in [0, 0.05) is 17.5 Å². The standard InChI is InChI=1S/C21H24F3NO3S/c1-4-29-17-10-15(21(22,23)24)13-25-19(17)16(26)11-18(27)28-20(2,3)12-14-8-6-5-7-9-14/h5-6,8,10,13H,4,7,9,11-12H2,1-3H3. The fourth-order valence-electron chi connectivity index (χ4n) is 3.02. The number of allylic oxidation sites excluding steroid dienone is 3. The Morgan fingerprint density at radius 1 is 1.28 bits per heavy atom. The molecule has 0 N–H and O–H groups in total. The van der Waals surface area contributed by atoms with Gasteiger partial charge < -0.3 is 4.74 Å². The van der Waals surface area contributed by atoms with Gasteiger partial charge in [-0.2, -0.15) is 13.2 Å². The lowest BCUT2D eigenvalue weighted by atomic mass is 9.93. The molecular weight excluding hydrogens is 403 g/mol. The zero-order chi connectivity index (χ0) is 21.7. The van der Waals surface area contributed by atoms with Crippen molar-refractivity contribution in [3.8, 4) is 0 Å². The van der Waals surface area contributed by atoms with Gasteiger partial charge in [-0.05, 0) is 38.5 Å². The lowest BCUT2D eigenvalue weighted by molar-refractivity contribution is -0.155. The first-order valence-corrected chi connectivity index (χ1v) is 10.3. The first-order valence-electron chi connectivity index (χ1n) is 9.31. The van der Waals surface area contributed by atoms with Gasteiger partial charge in [-0.15, -0.1) is 11.8 Å². The molecule has 0 saturated heterocycles. The third kappa shape index (κ3) is 7.03. The van der Waals surface area contributed by atoms with Gasteiger partial charge in [0.05, 0.1) is 5.56 Å². The molecule has 0 saturated carbocycles. The van der Waals surface area contributed by atoms with E-state index >= 15 is 0 Å². The van der Waals surface area contributed by atoms with Crippen LogP contribution in [0.1, 0.15) is 62.5 Å². The number of carbonyl (C=O) groups is 2. The molecule has 0 aromatic carbocycles. The smallest absolute Gasteiger partial charge is 0.417 e. The van der Waals surface area contributed by atoms with Crippen LogP contribution in [-0.2, 0) is 15.7 Å². The van der Waals surface area contributed by atoms with Gasteiger partial charge in [-0.25, -0.2) is 0 Å². The number of thioether (sulfide) groups is 1. The minimum atomic E-state index is -4.55. The number of aromatic nitrogens is 1. The summed E-state index contributed by atoms with van der Waals surface area (Å²) in [6, 6.07) is 0.896. The highest BCUT2D eigenvalue weighted by Crippen LogP contribution is 2.33. The van der Waals surface area contributed by atoms with E-state index in [4.69, 9.17) is 4.74 Å². The van der Waals surface area contributed by atoms with Crippen molar-refractivity contribution >= 4 is 23.5 Å². The van der Waals surface area contributed by atoms with Gasteiger partial charge in [-0.3, -0.25) is 14.6 Å². The first-order chi connectivity index (χ1) is 13.5. The Morgan fingerprint density at radius 2 is 2.00 bits per heavy atom. The molecular formula is C21H24F3NO3S. The third-order valence-corrected chi connectivity index (χ3v) is 5.10. The number of pyridine rings is 1. The number of halogens is 3. The molecule has 8 heteroatoms. The Hall–Kier alpha value is -2.09. The van der Waals surface area contributed by atoms with Gasteiger partial charge in [0.25, 0.3) is 0 Å². The molecule has 158 valence electrons. The zero-order valence-electron chi connectivity index (χ0n) is 16.6. The number of hydrogen-bond acceptors (Lipinski definition) is 5. The highest BCUT2D eigenvalue weighted by Gasteiger charge is 2.33. The van der Waals surface area contributed by atoms with Crippen LogP contribution in [0.15, 0.2) is 41.0 Å². The summed E-state index contributed by atoms with van der Waals surface area (Å²) in [5.41, 5.74) is -0.700. The van der Waals surface area contributed by atoms with E-state index in [-0.39, 0.29) is 10.6 Å². The maximum atomic E-state index is 12.9. The first kappa shape index (κ1) is 23.2. The monoisotopic (exact) mass is 427 g/mol. The van der Waals surface area contributed by atoms with Crippen molar-refractivity contribution in [1.29, 1.82) is 0 Å². The van der Waals surface area contributed by atoms with Gasteiger partial charge in [-0.1, -0.05) is 30.7 Å². The minimum Gasteiger partial charge on any atom is -0.459 e. The molecule has 0 amide bonds. The van der Waals surface area contributed by atoms with Crippen LogP contribution in [0.2, 0.25) is 0 Å². The number of nitrogens with zero attached hydrogens (tertiary/aromatic N) is 1. The average molecular weight is 427 g/mol. The lowest BCUT2D eigenvalue weighted by Gasteiger charge is -2.27. The number of Topliss-reactive ketones (excluding diaryl/α,β-unsaturated/α-hetero) is 1. The molecule has 0 radical (unpaired) electrons. The Bertz CT molecular complexity index is 829. The maximum Gasteiger partial charge on any atom is 0.417 e. The molecule has 0 bridgehead atoms. The topological polar surface area (TPSA) is 56.3 Å². The number of rotatable bonds is 8. The van der Waals surface area contributed by atoms with E-state index in [0.29, 0.717) is 18.4 Å². The summed E-state index contributed by atoms with van der Waals surface area (Å²) in [6.45, 7) is 5.29. The summed E-state index contributed by atoms with van der Waals surface area (Å²) >= 11 is 1.07. The molecule has 29 heavy (non-hydrogen) atoms. The SMILES string of the molecule is CCSc1cc(C(F)(F)F)cnc1C(=O)CC(=O)OC(C)(C)CC1=CC=CCC1. The number of alkyl halides is 3. The van der Waals surface area contributed by atoms with Gasteiger partial charge in [0.1, 0.15) is 17.7 Å². The molecule has 0 unspecified atom stereocenters. The Balaban J connectivity index is 2.07. The van der Waals surface area contributed by atoms with E-state index in [1.807, 2.05) is 12.2 Å². The third-order valence-electron chi connectivity index (χ3n) is 4.19. The Kier molecular flexibility index (Phi) is 7.68. The second-order valence-electron chi connectivity index (χ2n) is 7.30. The summed E-state index contributed by atoms with van der Waals surface area (Å²) in [6.07, 6.45) is 3.88. The number of ether oxygens (including phenoxy) is 1. The molecule has 0 aliphatic heterocycles. The molecule has 1 aliphatic carbocycles. The largest absolute Gasteiger partial charge is 0.459 e. The highest BCUT2D eigenvalue weighted by molar-refractivity contribution is 7.99. The predicted octanol–water partition coefficient (Wildman–Crippen LogP) is 5.77. The van der Waals surface area contributed by atoms with E-state index < -0.39 is 35.5 Å². The summed E-state index contributed by atoms with van der Waals surface area (Å²) in [7, 11) is 0. The minimum absolute atomic E-state index is 0.110. The van der Waals surface area contributed by atoms with Crippen LogP contribution in [0, 0.1) is 0 Å². The normalized spacial score (nSPS) is 14.5. The predicted molar refractivity (Wildman–Crippen MR) is 106 cm³/mol. The molecule has 1 aromatic heterocycles. The van der Waals surface area contributed by atoms with Crippen molar-refractivity contribution in [2.24, 2.45) is 0 Å². The average Bonchev–Trinajstić information content (AvgIpc) is 2.60. The lowest BCUT2D eigenvalue weighted by Crippen LogP contribution is -2.30. The van der Waals surface area contributed by atoms with Crippen LogP contribution in [0.25, 0.3) is 0 Å². The zero-order valence-corrected chi connectivity index (χ0v) is 17.5. The van der Waals surface area contributed by atoms with Crippen molar-refractivity contribution in [2.45, 2.75) is 63.1 Å². The van der Waals surface area contributed by atoms with Crippen LogP contribution in [-0.4, -0.2) is 28.1 Å². The van der Waals surface area contributed by atoms with E-state index in [1.54, 1.807) is 20.8 Å². The van der Waals surface area contributed by atoms with Crippen molar-refractivity contribution < 1.29 is 27.5 Å². The van der Waals surface area contributed by atoms with E-state index in [2.05, 4.69) is 11.1 Å². The van der Waals surface area contributed by atoms with Crippen molar-refractivity contribution in [1.82, 2.24) is 4.98 Å². The number of carbonyl (C=O) groups excluding carboxylic acids is 2. The van der Waals surface area contributed by atoms with E-state index in [1.165, 1.54) is 0 Å². The van der Waals surface area contributed by atoms with Crippen LogP contribution in [0.4, 0.5) is 13.2 Å². The van der Waals surface area contributed by atoms with Crippen molar-refractivity contribution in [3.05, 3.63) is 47.3 Å². The molecule has 0 spiro atoms. The Morgan fingerprint density at radius 3 is 2.59 bits per heavy atom. The molecule has 0 fully saturated rings. The summed E-state index contributed by atoms with van der Waals surface area (Å²) in [5, 5.41) is 0. The van der Waals surface area contributed by atoms with Crippen LogP contribution in [0.5, 0.6) is 0 Å². The summed E-state index contributed by atoms with van der Waals surface area (Å²) in [5.74, 6) is -0.916. The molecule has 1 heterocycles. The van der Waals surface area contributed by atoms with E-state index in [0.717, 1.165) is 36.2 Å². The number of esters is 1. The summed E-state index contributed by atoms with van der Waals surface area (Å²) in [4.78, 5) is 28.6. The highest BCUT2D eigenvalue weighted by atomic mass is 32.2. The molecule has 4 nitrogen and oxygen atoms in total. The second kappa shape index (κ2) is 9.61. The molecule has 1 aliphatic rings. The maximum absolute atomic E-state index is 12.9. The molecule has 1 aromatic rings. The number of ketones is 1. The van der Waals surface area contributed by atoms with Crippen LogP contribution < -0.4 is 0 Å². The van der Waals surface area contributed by atoms with Crippen molar-refractivity contribution in [2.75, 3.05) is 5.75 Å². The van der Waals surface area contributed by atoms with Gasteiger partial charge >= 0.3 is 12.1 Å². The second-order valence-corrected chi connectivity index (χ2v) is 8.61. The van der Waals surface area contributed by atoms with Gasteiger partial charge in [0.2, 0.25) is 0 Å². The fourth-order valence-corrected chi connectivity index (χ4v) is 3.84. The van der Waals surface area contributed by atoms with Crippen molar-refractivity contribution in [3.63, 3.8) is 0 Å². The van der Waals surface area contributed by atoms with Crippen LogP contribution in [0.3, 0.4) is 0 Å². The molecule has 0 atom stereocenters. The Labute approximate surface area is 172 Å². The summed E-state index contributed by atoms with van der Waals surface area (Å²) < 4.78 is 44.2. The number of hydrogen-bond donors (Lipinski definition) is 0. The van der Waals surface area contributed by atoms with Gasteiger partial charge in [0.15, 0.2) is 5.78 Å². The molecule has 2 rings (SSSR count). The van der Waals surface area contributed by atoms with E-state index in [9.17, 15) is 22.8 Å².